The van der Waals surface area contributed by atoms with Gasteiger partial charge in [0.2, 0.25) is 10.0 Å². The molecule has 0 aliphatic rings. The summed E-state index contributed by atoms with van der Waals surface area (Å²) in [6.07, 6.45) is 1.45. The second-order valence-electron chi connectivity index (χ2n) is 4.73. The van der Waals surface area contributed by atoms with Gasteiger partial charge in [-0.3, -0.25) is 4.98 Å². The van der Waals surface area contributed by atoms with Gasteiger partial charge in [-0.25, -0.2) is 18.3 Å². The molecule has 2 heterocycles. The Balaban J connectivity index is 2.00. The molecule has 3 aromatic rings. The molecule has 116 valence electrons. The molecule has 0 fully saturated rings. The lowest BCUT2D eigenvalue weighted by molar-refractivity contribution is 0.458. The van der Waals surface area contributed by atoms with Gasteiger partial charge in [0.05, 0.1) is 6.54 Å². The second kappa shape index (κ2) is 5.38. The summed E-state index contributed by atoms with van der Waals surface area (Å²) < 4.78 is 27.3. The van der Waals surface area contributed by atoms with E-state index in [2.05, 4.69) is 36.1 Å². The second-order valence-corrected chi connectivity index (χ2v) is 7.66. The monoisotopic (exact) mass is 385 g/mol. The summed E-state index contributed by atoms with van der Waals surface area (Å²) in [5, 5.41) is 6.51. The van der Waals surface area contributed by atoms with Gasteiger partial charge in [0.15, 0.2) is 0 Å². The van der Waals surface area contributed by atoms with Gasteiger partial charge < -0.3 is 4.98 Å². The third-order valence-electron chi connectivity index (χ3n) is 3.22. The average molecular weight is 386 g/mol. The Hall–Kier alpha value is -1.91. The van der Waals surface area contributed by atoms with Gasteiger partial charge in [0, 0.05) is 28.6 Å². The predicted molar refractivity (Wildman–Crippen MR) is 83.9 cm³/mol. The van der Waals surface area contributed by atoms with Crippen molar-refractivity contribution >= 4 is 36.9 Å². The van der Waals surface area contributed by atoms with Crippen molar-refractivity contribution in [2.24, 2.45) is 0 Å². The highest BCUT2D eigenvalue weighted by Crippen LogP contribution is 2.28. The quantitative estimate of drug-likeness (QED) is 0.624. The first kappa shape index (κ1) is 15.0. The molecule has 0 aliphatic carbocycles. The third kappa shape index (κ3) is 2.60. The summed E-state index contributed by atoms with van der Waals surface area (Å²) in [7, 11) is -2.29. The normalized spacial score (nSPS) is 12.3. The Kier molecular flexibility index (Phi) is 3.67. The molecule has 0 saturated carbocycles. The van der Waals surface area contributed by atoms with Gasteiger partial charge in [0.25, 0.3) is 0 Å². The van der Waals surface area contributed by atoms with E-state index in [1.807, 2.05) is 6.07 Å². The first-order valence-corrected chi connectivity index (χ1v) is 8.48. The van der Waals surface area contributed by atoms with Crippen molar-refractivity contribution in [3.63, 3.8) is 0 Å². The first-order valence-electron chi connectivity index (χ1n) is 6.24. The van der Waals surface area contributed by atoms with Crippen LogP contribution in [-0.4, -0.2) is 39.9 Å². The molecule has 0 radical (unpaired) electrons. The number of rotatable bonds is 4. The highest BCUT2D eigenvalue weighted by molar-refractivity contribution is 9.10. The summed E-state index contributed by atoms with van der Waals surface area (Å²) in [5.41, 5.74) is 0.250. The molecular weight excluding hydrogens is 374 g/mol. The number of hydrogen-bond donors (Lipinski definition) is 3. The molecule has 10 heteroatoms. The smallest absolute Gasteiger partial charge is 0.340 e. The zero-order chi connectivity index (χ0) is 15.9. The molecule has 0 aliphatic heterocycles. The maximum atomic E-state index is 12.7. The summed E-state index contributed by atoms with van der Waals surface area (Å²) in [6, 6.07) is 5.36. The van der Waals surface area contributed by atoms with Crippen molar-refractivity contribution in [2.45, 2.75) is 11.4 Å². The minimum atomic E-state index is -3.72. The number of fused-ring (bicyclic) bond motifs is 1. The largest absolute Gasteiger partial charge is 0.360 e. The number of nitrogens with zero attached hydrogens (tertiary/aromatic N) is 2. The maximum Gasteiger partial charge on any atom is 0.340 e. The molecule has 1 aromatic carbocycles. The molecule has 0 amide bonds. The van der Waals surface area contributed by atoms with Crippen molar-refractivity contribution in [3.05, 3.63) is 45.2 Å². The lowest BCUT2D eigenvalue weighted by Gasteiger charge is -2.15. The lowest BCUT2D eigenvalue weighted by Crippen LogP contribution is -2.27. The number of hydrogen-bond acceptors (Lipinski definition) is 4. The van der Waals surface area contributed by atoms with Crippen LogP contribution in [0.15, 0.2) is 38.6 Å². The van der Waals surface area contributed by atoms with Crippen LogP contribution in [0, 0.1) is 0 Å². The first-order chi connectivity index (χ1) is 10.4. The van der Waals surface area contributed by atoms with Gasteiger partial charge in [0.1, 0.15) is 10.7 Å². The van der Waals surface area contributed by atoms with Crippen LogP contribution in [0.2, 0.25) is 0 Å². The fraction of sp³-hybridized carbons (Fsp3) is 0.167. The number of benzene rings is 1. The van der Waals surface area contributed by atoms with Gasteiger partial charge in [-0.1, -0.05) is 15.9 Å². The van der Waals surface area contributed by atoms with Crippen LogP contribution < -0.4 is 5.69 Å². The molecule has 0 atom stereocenters. The van der Waals surface area contributed by atoms with Gasteiger partial charge in [-0.15, -0.1) is 0 Å². The molecule has 0 saturated heterocycles. The predicted octanol–water partition coefficient (Wildman–Crippen LogP) is 1.16. The Bertz CT molecular complexity index is 988. The van der Waals surface area contributed by atoms with Crippen molar-refractivity contribution in [3.8, 4) is 0 Å². The lowest BCUT2D eigenvalue weighted by atomic mass is 10.2. The van der Waals surface area contributed by atoms with E-state index < -0.39 is 15.7 Å². The highest BCUT2D eigenvalue weighted by atomic mass is 79.9. The van der Waals surface area contributed by atoms with E-state index in [4.69, 9.17) is 0 Å². The Morgan fingerprint density at radius 1 is 1.36 bits per heavy atom. The molecule has 3 rings (SSSR count). The number of nitrogens with one attached hydrogen (secondary N) is 3. The van der Waals surface area contributed by atoms with Crippen LogP contribution in [0.3, 0.4) is 0 Å². The zero-order valence-electron chi connectivity index (χ0n) is 11.4. The van der Waals surface area contributed by atoms with Crippen LogP contribution in [0.4, 0.5) is 0 Å². The van der Waals surface area contributed by atoms with E-state index in [9.17, 15) is 13.2 Å². The highest BCUT2D eigenvalue weighted by Gasteiger charge is 2.25. The molecule has 0 spiro atoms. The molecule has 2 aromatic heterocycles. The van der Waals surface area contributed by atoms with Crippen LogP contribution in [0.25, 0.3) is 10.9 Å². The maximum absolute atomic E-state index is 12.7. The number of aromatic nitrogens is 4. The number of halogens is 1. The van der Waals surface area contributed by atoms with Crippen LogP contribution in [-0.2, 0) is 16.6 Å². The van der Waals surface area contributed by atoms with Crippen molar-refractivity contribution in [1.82, 2.24) is 24.5 Å². The minimum Gasteiger partial charge on any atom is -0.360 e. The Labute approximate surface area is 133 Å². The Morgan fingerprint density at radius 2 is 2.14 bits per heavy atom. The van der Waals surface area contributed by atoms with Crippen molar-refractivity contribution < 1.29 is 8.42 Å². The molecule has 0 bridgehead atoms. The van der Waals surface area contributed by atoms with Gasteiger partial charge in [-0.05, 0) is 18.2 Å². The molecule has 22 heavy (non-hydrogen) atoms. The minimum absolute atomic E-state index is 0.0399. The van der Waals surface area contributed by atoms with Gasteiger partial charge in [-0.2, -0.15) is 9.40 Å². The zero-order valence-corrected chi connectivity index (χ0v) is 13.8. The van der Waals surface area contributed by atoms with E-state index in [0.717, 1.165) is 14.3 Å². The third-order valence-corrected chi connectivity index (χ3v) is 5.55. The summed E-state index contributed by atoms with van der Waals surface area (Å²) in [6.45, 7) is -0.0399. The van der Waals surface area contributed by atoms with E-state index in [1.165, 1.54) is 13.2 Å². The van der Waals surface area contributed by atoms with Crippen LogP contribution >= 0.6 is 15.9 Å². The van der Waals surface area contributed by atoms with E-state index in [0.29, 0.717) is 5.39 Å². The fourth-order valence-corrected chi connectivity index (χ4v) is 3.77. The van der Waals surface area contributed by atoms with E-state index >= 15 is 0 Å². The molecule has 8 nitrogen and oxygen atoms in total. The van der Waals surface area contributed by atoms with E-state index in [1.54, 1.807) is 12.1 Å². The average Bonchev–Trinajstić information content (AvgIpc) is 3.04. The Morgan fingerprint density at radius 3 is 2.82 bits per heavy atom. The van der Waals surface area contributed by atoms with Crippen molar-refractivity contribution in [2.75, 3.05) is 7.05 Å². The van der Waals surface area contributed by atoms with E-state index in [-0.39, 0.29) is 17.3 Å². The number of H-pyrrole nitrogens is 3. The summed E-state index contributed by atoms with van der Waals surface area (Å²) >= 11 is 3.34. The fourth-order valence-electron chi connectivity index (χ4n) is 2.12. The number of aromatic amines is 3. The SMILES string of the molecule is CN(Cc1n[nH]c(=O)[nH]1)S(=O)(=O)c1c[nH]c2ccc(Br)cc12. The molecular formula is C12H12BrN5O3S. The van der Waals surface area contributed by atoms with Crippen LogP contribution in [0.1, 0.15) is 5.82 Å². The van der Waals surface area contributed by atoms with Crippen LogP contribution in [0.5, 0.6) is 0 Å². The standard InChI is InChI=1S/C12H12BrN5O3S/c1-18(6-11-15-12(19)17-16-11)22(20,21)10-5-14-9-3-2-7(13)4-8(9)10/h2-5,14H,6H2,1H3,(H2,15,16,17,19). The summed E-state index contributed by atoms with van der Waals surface area (Å²) in [5.74, 6) is 0.247. The molecule has 0 unspecified atom stereocenters. The topological polar surface area (TPSA) is 115 Å². The number of sulfonamides is 1. The summed E-state index contributed by atoms with van der Waals surface area (Å²) in [4.78, 5) is 16.5. The van der Waals surface area contributed by atoms with Gasteiger partial charge >= 0.3 is 5.69 Å². The molecule has 3 N–H and O–H groups in total. The van der Waals surface area contributed by atoms with Crippen molar-refractivity contribution in [1.29, 1.82) is 0 Å².